The van der Waals surface area contributed by atoms with Gasteiger partial charge in [0.15, 0.2) is 0 Å². The topological polar surface area (TPSA) is 15.3 Å². The van der Waals surface area contributed by atoms with E-state index in [0.29, 0.717) is 18.2 Å². The number of likely N-dealkylation sites (tertiary alicyclic amines) is 1. The van der Waals surface area contributed by atoms with Crippen LogP contribution >= 0.6 is 0 Å². The van der Waals surface area contributed by atoms with Crippen molar-refractivity contribution < 1.29 is 8.78 Å². The molecule has 1 N–H and O–H groups in total. The van der Waals surface area contributed by atoms with Gasteiger partial charge in [-0.2, -0.15) is 0 Å². The second kappa shape index (κ2) is 4.89. The van der Waals surface area contributed by atoms with E-state index in [1.165, 1.54) is 12.1 Å². The van der Waals surface area contributed by atoms with Crippen LogP contribution in [0.2, 0.25) is 0 Å². The van der Waals surface area contributed by atoms with Crippen LogP contribution in [-0.2, 0) is 6.54 Å². The van der Waals surface area contributed by atoms with Crippen LogP contribution in [0.3, 0.4) is 0 Å². The standard InChI is InChI=1S/C12H16F2N2/c1-16-5-4-11(8-16)15-7-9-2-3-10(13)6-12(9)14/h2-3,6,11,15H,4-5,7-8H2,1H3. The highest BCUT2D eigenvalue weighted by Gasteiger charge is 2.18. The van der Waals surface area contributed by atoms with E-state index in [0.717, 1.165) is 25.6 Å². The number of likely N-dealkylation sites (N-methyl/N-ethyl adjacent to an activating group) is 1. The maximum Gasteiger partial charge on any atom is 0.130 e. The van der Waals surface area contributed by atoms with E-state index in [-0.39, 0.29) is 0 Å². The Balaban J connectivity index is 1.89. The molecular weight excluding hydrogens is 210 g/mol. The van der Waals surface area contributed by atoms with Gasteiger partial charge in [-0.1, -0.05) is 6.07 Å². The molecule has 0 spiro atoms. The van der Waals surface area contributed by atoms with Gasteiger partial charge in [0.1, 0.15) is 11.6 Å². The quantitative estimate of drug-likeness (QED) is 0.844. The molecule has 2 nitrogen and oxygen atoms in total. The van der Waals surface area contributed by atoms with Gasteiger partial charge < -0.3 is 10.2 Å². The summed E-state index contributed by atoms with van der Waals surface area (Å²) < 4.78 is 26.0. The zero-order valence-corrected chi connectivity index (χ0v) is 9.34. The lowest BCUT2D eigenvalue weighted by Gasteiger charge is -2.13. The Morgan fingerprint density at radius 3 is 2.88 bits per heavy atom. The summed E-state index contributed by atoms with van der Waals surface area (Å²) in [5.74, 6) is -0.999. The third kappa shape index (κ3) is 2.77. The van der Waals surface area contributed by atoms with Crippen LogP contribution in [0.15, 0.2) is 18.2 Å². The Hall–Kier alpha value is -1.00. The maximum atomic E-state index is 13.3. The second-order valence-electron chi connectivity index (χ2n) is 4.36. The summed E-state index contributed by atoms with van der Waals surface area (Å²) in [6.45, 7) is 2.52. The van der Waals surface area contributed by atoms with Crippen LogP contribution < -0.4 is 5.32 Å². The molecule has 1 aromatic carbocycles. The minimum absolute atomic E-state index is 0.412. The van der Waals surface area contributed by atoms with Crippen LogP contribution in [-0.4, -0.2) is 31.1 Å². The smallest absolute Gasteiger partial charge is 0.130 e. The first kappa shape index (κ1) is 11.5. The lowest BCUT2D eigenvalue weighted by atomic mass is 10.2. The molecule has 0 radical (unpaired) electrons. The summed E-state index contributed by atoms with van der Waals surface area (Å²) in [5, 5.41) is 3.28. The highest BCUT2D eigenvalue weighted by molar-refractivity contribution is 5.18. The van der Waals surface area contributed by atoms with Crippen molar-refractivity contribution in [3.8, 4) is 0 Å². The molecule has 1 aromatic rings. The second-order valence-corrected chi connectivity index (χ2v) is 4.36. The Kier molecular flexibility index (Phi) is 3.51. The fraction of sp³-hybridized carbons (Fsp3) is 0.500. The first-order chi connectivity index (χ1) is 7.65. The first-order valence-electron chi connectivity index (χ1n) is 5.51. The molecule has 1 unspecified atom stereocenters. The van der Waals surface area contributed by atoms with Gasteiger partial charge in [-0.15, -0.1) is 0 Å². The minimum atomic E-state index is -0.526. The van der Waals surface area contributed by atoms with Gasteiger partial charge in [0.25, 0.3) is 0 Å². The minimum Gasteiger partial charge on any atom is -0.308 e. The number of hydrogen-bond donors (Lipinski definition) is 1. The zero-order chi connectivity index (χ0) is 11.5. The number of halogens is 2. The molecule has 1 atom stereocenters. The van der Waals surface area contributed by atoms with E-state index < -0.39 is 11.6 Å². The van der Waals surface area contributed by atoms with Gasteiger partial charge in [-0.3, -0.25) is 0 Å². The van der Waals surface area contributed by atoms with Crippen molar-refractivity contribution in [1.29, 1.82) is 0 Å². The Morgan fingerprint density at radius 1 is 1.44 bits per heavy atom. The summed E-state index contributed by atoms with van der Waals surface area (Å²) in [6, 6.07) is 4.13. The molecule has 0 saturated carbocycles. The van der Waals surface area contributed by atoms with Crippen LogP contribution in [0.25, 0.3) is 0 Å². The number of hydrogen-bond acceptors (Lipinski definition) is 2. The number of nitrogens with one attached hydrogen (secondary N) is 1. The van der Waals surface area contributed by atoms with E-state index in [1.54, 1.807) is 0 Å². The largest absolute Gasteiger partial charge is 0.308 e. The molecule has 1 heterocycles. The summed E-state index contributed by atoms with van der Waals surface area (Å²) in [6.07, 6.45) is 1.08. The van der Waals surface area contributed by atoms with Gasteiger partial charge in [0, 0.05) is 30.8 Å². The van der Waals surface area contributed by atoms with Crippen molar-refractivity contribution in [2.45, 2.75) is 19.0 Å². The molecule has 0 amide bonds. The lowest BCUT2D eigenvalue weighted by molar-refractivity contribution is 0.397. The summed E-state index contributed by atoms with van der Waals surface area (Å²) in [5.41, 5.74) is 0.524. The fourth-order valence-electron chi connectivity index (χ4n) is 2.02. The first-order valence-corrected chi connectivity index (χ1v) is 5.51. The molecule has 16 heavy (non-hydrogen) atoms. The third-order valence-corrected chi connectivity index (χ3v) is 2.99. The summed E-state index contributed by atoms with van der Waals surface area (Å²) >= 11 is 0. The molecule has 1 aliphatic heterocycles. The Morgan fingerprint density at radius 2 is 2.25 bits per heavy atom. The van der Waals surface area contributed by atoms with E-state index in [4.69, 9.17) is 0 Å². The van der Waals surface area contributed by atoms with Crippen molar-refractivity contribution in [3.05, 3.63) is 35.4 Å². The van der Waals surface area contributed by atoms with E-state index >= 15 is 0 Å². The van der Waals surface area contributed by atoms with Gasteiger partial charge >= 0.3 is 0 Å². The van der Waals surface area contributed by atoms with Crippen molar-refractivity contribution in [1.82, 2.24) is 10.2 Å². The third-order valence-electron chi connectivity index (χ3n) is 2.99. The van der Waals surface area contributed by atoms with Crippen molar-refractivity contribution in [2.75, 3.05) is 20.1 Å². The van der Waals surface area contributed by atoms with Crippen molar-refractivity contribution in [2.24, 2.45) is 0 Å². The SMILES string of the molecule is CN1CCC(NCc2ccc(F)cc2F)C1. The van der Waals surface area contributed by atoms with E-state index in [9.17, 15) is 8.78 Å². The molecule has 1 fully saturated rings. The van der Waals surface area contributed by atoms with Crippen LogP contribution in [0, 0.1) is 11.6 Å². The van der Waals surface area contributed by atoms with Gasteiger partial charge in [-0.25, -0.2) is 8.78 Å². The zero-order valence-electron chi connectivity index (χ0n) is 9.34. The molecule has 88 valence electrons. The van der Waals surface area contributed by atoms with Gasteiger partial charge in [0.2, 0.25) is 0 Å². The molecule has 4 heteroatoms. The molecule has 0 bridgehead atoms. The van der Waals surface area contributed by atoms with Gasteiger partial charge in [0.05, 0.1) is 0 Å². The molecule has 1 aliphatic rings. The predicted molar refractivity (Wildman–Crippen MR) is 59.1 cm³/mol. The number of rotatable bonds is 3. The monoisotopic (exact) mass is 226 g/mol. The van der Waals surface area contributed by atoms with Crippen molar-refractivity contribution in [3.63, 3.8) is 0 Å². The molecule has 0 aliphatic carbocycles. The molecule has 1 saturated heterocycles. The highest BCUT2D eigenvalue weighted by Crippen LogP contribution is 2.11. The van der Waals surface area contributed by atoms with E-state index in [1.807, 2.05) is 0 Å². The number of nitrogens with zero attached hydrogens (tertiary/aromatic N) is 1. The average Bonchev–Trinajstić information content (AvgIpc) is 2.63. The fourth-order valence-corrected chi connectivity index (χ4v) is 2.02. The summed E-state index contributed by atoms with van der Waals surface area (Å²) in [7, 11) is 2.07. The van der Waals surface area contributed by atoms with Gasteiger partial charge in [-0.05, 0) is 26.1 Å². The molecule has 2 rings (SSSR count). The normalized spacial score (nSPS) is 21.6. The van der Waals surface area contributed by atoms with Crippen LogP contribution in [0.4, 0.5) is 8.78 Å². The Bertz CT molecular complexity index is 368. The summed E-state index contributed by atoms with van der Waals surface area (Å²) in [4.78, 5) is 2.23. The Labute approximate surface area is 94.3 Å². The predicted octanol–water partition coefficient (Wildman–Crippen LogP) is 1.76. The van der Waals surface area contributed by atoms with Crippen molar-refractivity contribution >= 4 is 0 Å². The molecular formula is C12H16F2N2. The average molecular weight is 226 g/mol. The van der Waals surface area contributed by atoms with Crippen LogP contribution in [0.1, 0.15) is 12.0 Å². The molecule has 0 aromatic heterocycles. The maximum absolute atomic E-state index is 13.3. The van der Waals surface area contributed by atoms with E-state index in [2.05, 4.69) is 17.3 Å². The number of benzene rings is 1. The lowest BCUT2D eigenvalue weighted by Crippen LogP contribution is -2.31. The highest BCUT2D eigenvalue weighted by atomic mass is 19.1. The van der Waals surface area contributed by atoms with Crippen LogP contribution in [0.5, 0.6) is 0 Å².